The maximum atomic E-state index is 11.5. The van der Waals surface area contributed by atoms with Gasteiger partial charge in [-0.1, -0.05) is 17.7 Å². The molecule has 0 saturated carbocycles. The smallest absolute Gasteiger partial charge is 0.175 e. The van der Waals surface area contributed by atoms with Crippen LogP contribution in [0.1, 0.15) is 5.56 Å². The fraction of sp³-hybridized carbons (Fsp3) is 0.200. The number of aryl methyl sites for hydroxylation is 1. The van der Waals surface area contributed by atoms with Crippen LogP contribution in [0.3, 0.4) is 0 Å². The van der Waals surface area contributed by atoms with Gasteiger partial charge in [0.25, 0.3) is 0 Å². The molecule has 0 atom stereocenters. The molecule has 0 aromatic heterocycles. The first kappa shape index (κ1) is 14.4. The van der Waals surface area contributed by atoms with Crippen molar-refractivity contribution in [1.29, 1.82) is 0 Å². The first-order valence-corrected chi connectivity index (χ1v) is 8.08. The van der Waals surface area contributed by atoms with Crippen molar-refractivity contribution >= 4 is 26.9 Å². The van der Waals surface area contributed by atoms with Crippen molar-refractivity contribution in [2.24, 2.45) is 0 Å². The number of hydrogen-bond acceptors (Lipinski definition) is 4. The van der Waals surface area contributed by atoms with Gasteiger partial charge in [-0.05, 0) is 37.3 Å². The van der Waals surface area contributed by atoms with E-state index >= 15 is 0 Å². The first-order valence-electron chi connectivity index (χ1n) is 6.19. The summed E-state index contributed by atoms with van der Waals surface area (Å²) in [6.07, 6.45) is 1.17. The van der Waals surface area contributed by atoms with Crippen molar-refractivity contribution in [3.63, 3.8) is 0 Å². The van der Waals surface area contributed by atoms with Crippen molar-refractivity contribution in [3.8, 4) is 0 Å². The molecule has 106 valence electrons. The van der Waals surface area contributed by atoms with Crippen LogP contribution >= 0.6 is 0 Å². The molecule has 2 aromatic carbocycles. The minimum absolute atomic E-state index is 0.232. The van der Waals surface area contributed by atoms with Gasteiger partial charge in [0.15, 0.2) is 9.84 Å². The molecular formula is C15H18N2O2S. The van der Waals surface area contributed by atoms with Gasteiger partial charge in [-0.15, -0.1) is 0 Å². The Morgan fingerprint density at radius 1 is 1.05 bits per heavy atom. The Morgan fingerprint density at radius 2 is 1.65 bits per heavy atom. The van der Waals surface area contributed by atoms with Gasteiger partial charge in [-0.3, -0.25) is 0 Å². The number of sulfone groups is 1. The summed E-state index contributed by atoms with van der Waals surface area (Å²) < 4.78 is 23.0. The van der Waals surface area contributed by atoms with E-state index in [4.69, 9.17) is 5.73 Å². The van der Waals surface area contributed by atoms with E-state index in [1.807, 2.05) is 43.1 Å². The SMILES string of the molecule is Cc1ccc(N(C)c2ccc(S(C)(=O)=O)cc2N)cc1. The molecule has 2 aromatic rings. The molecule has 0 amide bonds. The lowest BCUT2D eigenvalue weighted by atomic mass is 10.2. The van der Waals surface area contributed by atoms with Crippen LogP contribution in [-0.2, 0) is 9.84 Å². The zero-order valence-corrected chi connectivity index (χ0v) is 12.6. The number of hydrogen-bond donors (Lipinski definition) is 1. The van der Waals surface area contributed by atoms with E-state index in [1.54, 1.807) is 12.1 Å². The van der Waals surface area contributed by atoms with Crippen LogP contribution in [0, 0.1) is 6.92 Å². The van der Waals surface area contributed by atoms with Gasteiger partial charge < -0.3 is 10.6 Å². The second-order valence-corrected chi connectivity index (χ2v) is 6.90. The highest BCUT2D eigenvalue weighted by molar-refractivity contribution is 7.90. The number of benzene rings is 2. The van der Waals surface area contributed by atoms with E-state index in [2.05, 4.69) is 0 Å². The standard InChI is InChI=1S/C15H18N2O2S/c1-11-4-6-12(7-5-11)17(2)15-9-8-13(10-14(15)16)20(3,18)19/h4-10H,16H2,1-3H3. The Kier molecular flexibility index (Phi) is 3.72. The normalized spacial score (nSPS) is 11.3. The van der Waals surface area contributed by atoms with Gasteiger partial charge in [0.2, 0.25) is 0 Å². The third-order valence-corrected chi connectivity index (χ3v) is 4.32. The van der Waals surface area contributed by atoms with Crippen molar-refractivity contribution in [2.45, 2.75) is 11.8 Å². The first-order chi connectivity index (χ1) is 9.29. The molecule has 0 fully saturated rings. The predicted molar refractivity (Wildman–Crippen MR) is 83.2 cm³/mol. The zero-order chi connectivity index (χ0) is 14.9. The molecule has 0 heterocycles. The number of nitrogens with zero attached hydrogens (tertiary/aromatic N) is 1. The molecule has 4 nitrogen and oxygen atoms in total. The second kappa shape index (κ2) is 5.17. The Hall–Kier alpha value is -2.01. The maximum Gasteiger partial charge on any atom is 0.175 e. The second-order valence-electron chi connectivity index (χ2n) is 4.89. The third-order valence-electron chi connectivity index (χ3n) is 3.21. The van der Waals surface area contributed by atoms with E-state index in [0.717, 1.165) is 11.4 Å². The van der Waals surface area contributed by atoms with E-state index in [9.17, 15) is 8.42 Å². The molecular weight excluding hydrogens is 272 g/mol. The Morgan fingerprint density at radius 3 is 2.15 bits per heavy atom. The summed E-state index contributed by atoms with van der Waals surface area (Å²) in [6, 6.07) is 12.8. The van der Waals surface area contributed by atoms with Crippen molar-refractivity contribution in [3.05, 3.63) is 48.0 Å². The van der Waals surface area contributed by atoms with Crippen LogP contribution < -0.4 is 10.6 Å². The highest BCUT2D eigenvalue weighted by Crippen LogP contribution is 2.30. The monoisotopic (exact) mass is 290 g/mol. The van der Waals surface area contributed by atoms with Crippen LogP contribution in [0.5, 0.6) is 0 Å². The highest BCUT2D eigenvalue weighted by Gasteiger charge is 2.12. The predicted octanol–water partition coefficient (Wildman–Crippen LogP) is 2.75. The van der Waals surface area contributed by atoms with E-state index in [-0.39, 0.29) is 4.90 Å². The molecule has 20 heavy (non-hydrogen) atoms. The fourth-order valence-corrected chi connectivity index (χ4v) is 2.63. The fourth-order valence-electron chi connectivity index (χ4n) is 1.98. The largest absolute Gasteiger partial charge is 0.397 e. The number of nitrogen functional groups attached to an aromatic ring is 1. The van der Waals surface area contributed by atoms with Crippen LogP contribution in [0.25, 0.3) is 0 Å². The summed E-state index contributed by atoms with van der Waals surface area (Å²) in [5, 5.41) is 0. The summed E-state index contributed by atoms with van der Waals surface area (Å²) in [4.78, 5) is 2.16. The summed E-state index contributed by atoms with van der Waals surface area (Å²) in [5.74, 6) is 0. The van der Waals surface area contributed by atoms with Crippen molar-refractivity contribution in [2.75, 3.05) is 23.9 Å². The minimum Gasteiger partial charge on any atom is -0.397 e. The lowest BCUT2D eigenvalue weighted by Gasteiger charge is -2.21. The van der Waals surface area contributed by atoms with E-state index in [1.165, 1.54) is 17.9 Å². The minimum atomic E-state index is -3.24. The molecule has 2 N–H and O–H groups in total. The summed E-state index contributed by atoms with van der Waals surface area (Å²) in [7, 11) is -1.34. The van der Waals surface area contributed by atoms with E-state index < -0.39 is 9.84 Å². The molecule has 0 aliphatic heterocycles. The maximum absolute atomic E-state index is 11.5. The average molecular weight is 290 g/mol. The Labute approximate surface area is 119 Å². The van der Waals surface area contributed by atoms with Gasteiger partial charge in [-0.2, -0.15) is 0 Å². The molecule has 0 aliphatic carbocycles. The summed E-state index contributed by atoms with van der Waals surface area (Å²) in [6.45, 7) is 2.03. The molecule has 0 bridgehead atoms. The quantitative estimate of drug-likeness (QED) is 0.883. The van der Waals surface area contributed by atoms with Crippen LogP contribution in [0.4, 0.5) is 17.1 Å². The van der Waals surface area contributed by atoms with Crippen LogP contribution in [-0.4, -0.2) is 21.7 Å². The number of anilines is 3. The lowest BCUT2D eigenvalue weighted by molar-refractivity contribution is 0.602. The average Bonchev–Trinajstić information content (AvgIpc) is 2.37. The summed E-state index contributed by atoms with van der Waals surface area (Å²) in [5.41, 5.74) is 9.38. The molecule has 5 heteroatoms. The molecule has 0 aliphatic rings. The zero-order valence-electron chi connectivity index (χ0n) is 11.8. The summed E-state index contributed by atoms with van der Waals surface area (Å²) >= 11 is 0. The molecule has 0 radical (unpaired) electrons. The van der Waals surface area contributed by atoms with Gasteiger partial charge in [0, 0.05) is 19.0 Å². The van der Waals surface area contributed by atoms with Crippen LogP contribution in [0.15, 0.2) is 47.4 Å². The van der Waals surface area contributed by atoms with E-state index in [0.29, 0.717) is 5.69 Å². The van der Waals surface area contributed by atoms with Crippen molar-refractivity contribution < 1.29 is 8.42 Å². The lowest BCUT2D eigenvalue weighted by Crippen LogP contribution is -2.12. The Bertz CT molecular complexity index is 722. The topological polar surface area (TPSA) is 63.4 Å². The number of rotatable bonds is 3. The van der Waals surface area contributed by atoms with Gasteiger partial charge in [-0.25, -0.2) is 8.42 Å². The third kappa shape index (κ3) is 2.93. The molecule has 0 spiro atoms. The molecule has 0 saturated heterocycles. The van der Waals surface area contributed by atoms with Crippen molar-refractivity contribution in [1.82, 2.24) is 0 Å². The van der Waals surface area contributed by atoms with Gasteiger partial charge in [0.1, 0.15) is 0 Å². The van der Waals surface area contributed by atoms with Gasteiger partial charge >= 0.3 is 0 Å². The van der Waals surface area contributed by atoms with Crippen LogP contribution in [0.2, 0.25) is 0 Å². The number of nitrogens with two attached hydrogens (primary N) is 1. The molecule has 0 unspecified atom stereocenters. The molecule has 2 rings (SSSR count). The van der Waals surface area contributed by atoms with Gasteiger partial charge in [0.05, 0.1) is 16.3 Å². The Balaban J connectivity index is 2.41. The highest BCUT2D eigenvalue weighted by atomic mass is 32.2.